The highest BCUT2D eigenvalue weighted by Gasteiger charge is 2.13. The number of hydrogen-bond donors (Lipinski definition) is 2. The molecular formula is C14H15N3O2. The molecule has 1 aliphatic rings. The summed E-state index contributed by atoms with van der Waals surface area (Å²) in [6.45, 7) is 2.74. The van der Waals surface area contributed by atoms with E-state index in [4.69, 9.17) is 4.52 Å². The van der Waals surface area contributed by atoms with Gasteiger partial charge in [0.2, 0.25) is 0 Å². The molecule has 2 aromatic rings. The second-order valence-corrected chi connectivity index (χ2v) is 4.68. The van der Waals surface area contributed by atoms with Crippen LogP contribution < -0.4 is 10.6 Å². The van der Waals surface area contributed by atoms with Gasteiger partial charge in [-0.25, -0.2) is 0 Å². The first-order valence-corrected chi connectivity index (χ1v) is 6.34. The fraction of sp³-hybridized carbons (Fsp3) is 0.286. The molecule has 5 heteroatoms. The van der Waals surface area contributed by atoms with E-state index in [-0.39, 0.29) is 5.91 Å². The van der Waals surface area contributed by atoms with Gasteiger partial charge >= 0.3 is 0 Å². The molecule has 19 heavy (non-hydrogen) atoms. The number of nitrogens with zero attached hydrogens (tertiary/aromatic N) is 1. The van der Waals surface area contributed by atoms with Gasteiger partial charge in [0.25, 0.3) is 5.91 Å². The zero-order chi connectivity index (χ0) is 13.2. The summed E-state index contributed by atoms with van der Waals surface area (Å²) in [5, 5.41) is 9.85. The summed E-state index contributed by atoms with van der Waals surface area (Å²) < 4.78 is 4.89. The fourth-order valence-electron chi connectivity index (χ4n) is 2.21. The Morgan fingerprint density at radius 3 is 3.11 bits per heavy atom. The predicted molar refractivity (Wildman–Crippen MR) is 72.4 cm³/mol. The maximum Gasteiger partial charge on any atom is 0.277 e. The Morgan fingerprint density at radius 2 is 2.32 bits per heavy atom. The first-order valence-electron chi connectivity index (χ1n) is 6.34. The number of amides is 1. The van der Waals surface area contributed by atoms with Crippen LogP contribution in [0.15, 0.2) is 28.8 Å². The number of carbonyl (C=O) groups excluding carboxylic acids is 1. The molecule has 0 spiro atoms. The third-order valence-electron chi connectivity index (χ3n) is 3.17. The lowest BCUT2D eigenvalue weighted by atomic mass is 10.0. The number of anilines is 2. The van der Waals surface area contributed by atoms with Crippen molar-refractivity contribution >= 4 is 17.3 Å². The van der Waals surface area contributed by atoms with Crippen LogP contribution in [0.3, 0.4) is 0 Å². The quantitative estimate of drug-likeness (QED) is 0.867. The van der Waals surface area contributed by atoms with Crippen LogP contribution in [0.1, 0.15) is 28.2 Å². The molecule has 98 valence electrons. The van der Waals surface area contributed by atoms with E-state index in [1.807, 2.05) is 18.2 Å². The first-order chi connectivity index (χ1) is 9.22. The zero-order valence-corrected chi connectivity index (χ0v) is 10.7. The van der Waals surface area contributed by atoms with Crippen LogP contribution >= 0.6 is 0 Å². The van der Waals surface area contributed by atoms with Crippen LogP contribution in [0.2, 0.25) is 0 Å². The van der Waals surface area contributed by atoms with Crippen molar-refractivity contribution in [1.82, 2.24) is 5.16 Å². The molecule has 3 rings (SSSR count). The lowest BCUT2D eigenvalue weighted by Crippen LogP contribution is -2.15. The smallest absolute Gasteiger partial charge is 0.277 e. The monoisotopic (exact) mass is 257 g/mol. The lowest BCUT2D eigenvalue weighted by molar-refractivity contribution is 0.101. The molecule has 0 aliphatic carbocycles. The minimum atomic E-state index is -0.257. The van der Waals surface area contributed by atoms with Crippen LogP contribution in [0.25, 0.3) is 0 Å². The fourth-order valence-corrected chi connectivity index (χ4v) is 2.21. The number of benzene rings is 1. The summed E-state index contributed by atoms with van der Waals surface area (Å²) in [4.78, 5) is 11.9. The molecule has 2 N–H and O–H groups in total. The van der Waals surface area contributed by atoms with Gasteiger partial charge in [0.05, 0.1) is 0 Å². The maximum atomic E-state index is 11.9. The molecule has 0 saturated heterocycles. The van der Waals surface area contributed by atoms with Crippen LogP contribution in [0.5, 0.6) is 0 Å². The van der Waals surface area contributed by atoms with Crippen molar-refractivity contribution in [2.24, 2.45) is 0 Å². The molecule has 0 fully saturated rings. The standard InChI is InChI=1S/C14H15N3O2/c1-9-7-13(17-19-9)14(18)16-11-5-4-10-3-2-6-15-12(10)8-11/h4-5,7-8,15H,2-3,6H2,1H3,(H,16,18). The third-order valence-corrected chi connectivity index (χ3v) is 3.17. The van der Waals surface area contributed by atoms with Crippen LogP contribution in [-0.2, 0) is 6.42 Å². The normalized spacial score (nSPS) is 13.5. The molecule has 2 heterocycles. The molecule has 0 unspecified atom stereocenters. The summed E-state index contributed by atoms with van der Waals surface area (Å²) in [6.07, 6.45) is 2.23. The first kappa shape index (κ1) is 11.8. The van der Waals surface area contributed by atoms with Crippen LogP contribution in [0, 0.1) is 6.92 Å². The van der Waals surface area contributed by atoms with Gasteiger partial charge in [0, 0.05) is 24.0 Å². The van der Waals surface area contributed by atoms with Crippen molar-refractivity contribution in [3.8, 4) is 0 Å². The van der Waals surface area contributed by atoms with Crippen molar-refractivity contribution in [1.29, 1.82) is 0 Å². The second kappa shape index (κ2) is 4.76. The molecule has 5 nitrogen and oxygen atoms in total. The number of carbonyl (C=O) groups is 1. The largest absolute Gasteiger partial charge is 0.385 e. The Labute approximate surface area is 111 Å². The number of hydrogen-bond acceptors (Lipinski definition) is 4. The van der Waals surface area contributed by atoms with E-state index >= 15 is 0 Å². The lowest BCUT2D eigenvalue weighted by Gasteiger charge is -2.18. The van der Waals surface area contributed by atoms with Crippen LogP contribution in [-0.4, -0.2) is 17.6 Å². The van der Waals surface area contributed by atoms with Crippen molar-refractivity contribution in [2.45, 2.75) is 19.8 Å². The number of nitrogens with one attached hydrogen (secondary N) is 2. The highest BCUT2D eigenvalue weighted by Crippen LogP contribution is 2.25. The summed E-state index contributed by atoms with van der Waals surface area (Å²) in [7, 11) is 0. The van der Waals surface area contributed by atoms with E-state index in [9.17, 15) is 4.79 Å². The topological polar surface area (TPSA) is 67.2 Å². The molecule has 0 bridgehead atoms. The number of aromatic nitrogens is 1. The molecule has 1 aliphatic heterocycles. The van der Waals surface area contributed by atoms with E-state index in [0.29, 0.717) is 11.5 Å². The van der Waals surface area contributed by atoms with Gasteiger partial charge in [-0.2, -0.15) is 0 Å². The number of rotatable bonds is 2. The summed E-state index contributed by atoms with van der Waals surface area (Å²) in [5.74, 6) is 0.366. The Bertz CT molecular complexity index is 619. The Kier molecular flexibility index (Phi) is 2.95. The SMILES string of the molecule is Cc1cc(C(=O)Nc2ccc3c(c2)NCCC3)no1. The van der Waals surface area contributed by atoms with Crippen LogP contribution in [0.4, 0.5) is 11.4 Å². The second-order valence-electron chi connectivity index (χ2n) is 4.68. The van der Waals surface area contributed by atoms with Crippen molar-refractivity contribution in [3.05, 3.63) is 41.3 Å². The maximum absolute atomic E-state index is 11.9. The van der Waals surface area contributed by atoms with E-state index in [1.165, 1.54) is 5.56 Å². The Hall–Kier alpha value is -2.30. The molecule has 1 aromatic heterocycles. The van der Waals surface area contributed by atoms with Gasteiger partial charge in [0.1, 0.15) is 5.76 Å². The van der Waals surface area contributed by atoms with E-state index in [0.717, 1.165) is 30.8 Å². The van der Waals surface area contributed by atoms with Gasteiger partial charge in [-0.3, -0.25) is 4.79 Å². The molecule has 0 atom stereocenters. The van der Waals surface area contributed by atoms with E-state index in [2.05, 4.69) is 15.8 Å². The Morgan fingerprint density at radius 1 is 1.42 bits per heavy atom. The van der Waals surface area contributed by atoms with E-state index in [1.54, 1.807) is 13.0 Å². The molecule has 0 saturated carbocycles. The highest BCUT2D eigenvalue weighted by molar-refractivity contribution is 6.03. The number of fused-ring (bicyclic) bond motifs is 1. The van der Waals surface area contributed by atoms with Gasteiger partial charge in [-0.05, 0) is 37.5 Å². The molecular weight excluding hydrogens is 242 g/mol. The minimum absolute atomic E-state index is 0.257. The van der Waals surface area contributed by atoms with E-state index < -0.39 is 0 Å². The molecule has 0 radical (unpaired) electrons. The number of aryl methyl sites for hydroxylation is 2. The van der Waals surface area contributed by atoms with Crippen molar-refractivity contribution in [3.63, 3.8) is 0 Å². The van der Waals surface area contributed by atoms with Crippen molar-refractivity contribution < 1.29 is 9.32 Å². The van der Waals surface area contributed by atoms with Gasteiger partial charge in [-0.15, -0.1) is 0 Å². The average Bonchev–Trinajstić information content (AvgIpc) is 2.85. The summed E-state index contributed by atoms with van der Waals surface area (Å²) in [5.41, 5.74) is 3.45. The van der Waals surface area contributed by atoms with Crippen molar-refractivity contribution in [2.75, 3.05) is 17.2 Å². The molecule has 1 aromatic carbocycles. The minimum Gasteiger partial charge on any atom is -0.385 e. The summed E-state index contributed by atoms with van der Waals surface area (Å²) in [6, 6.07) is 7.53. The highest BCUT2D eigenvalue weighted by atomic mass is 16.5. The Balaban J connectivity index is 1.78. The molecule has 1 amide bonds. The van der Waals surface area contributed by atoms with Gasteiger partial charge in [0.15, 0.2) is 5.69 Å². The predicted octanol–water partition coefficient (Wildman–Crippen LogP) is 2.59. The zero-order valence-electron chi connectivity index (χ0n) is 10.7. The third kappa shape index (κ3) is 2.45. The van der Waals surface area contributed by atoms with Gasteiger partial charge in [-0.1, -0.05) is 11.2 Å². The summed E-state index contributed by atoms with van der Waals surface area (Å²) >= 11 is 0. The van der Waals surface area contributed by atoms with Gasteiger partial charge < -0.3 is 15.2 Å². The average molecular weight is 257 g/mol.